The van der Waals surface area contributed by atoms with Crippen LogP contribution in [-0.2, 0) is 14.2 Å². The van der Waals surface area contributed by atoms with Gasteiger partial charge < -0.3 is 24.1 Å². The minimum absolute atomic E-state index is 0.219. The van der Waals surface area contributed by atoms with Gasteiger partial charge in [-0.2, -0.15) is 0 Å². The Morgan fingerprint density at radius 3 is 2.62 bits per heavy atom. The molecule has 0 aromatic heterocycles. The van der Waals surface area contributed by atoms with Crippen LogP contribution in [0.3, 0.4) is 0 Å². The number of carbonyl (C=O) groups excluding carboxylic acids is 1. The molecule has 1 N–H and O–H groups in total. The van der Waals surface area contributed by atoms with Gasteiger partial charge in [0.15, 0.2) is 6.10 Å². The van der Waals surface area contributed by atoms with Crippen molar-refractivity contribution in [3.63, 3.8) is 0 Å². The fourth-order valence-corrected chi connectivity index (χ4v) is 4.72. The summed E-state index contributed by atoms with van der Waals surface area (Å²) >= 11 is 0. The van der Waals surface area contributed by atoms with Crippen LogP contribution < -0.4 is 4.74 Å². The number of esters is 1. The number of benzene rings is 1. The molecule has 5 rings (SSSR count). The molecule has 6 heteroatoms. The smallest absolute Gasteiger partial charge is 0.338 e. The average molecular weight is 360 g/mol. The maximum absolute atomic E-state index is 12.3. The van der Waals surface area contributed by atoms with Crippen molar-refractivity contribution in [1.82, 2.24) is 0 Å². The molecule has 0 radical (unpaired) electrons. The number of carbonyl (C=O) groups is 1. The number of aliphatic hydroxyl groups is 1. The molecule has 2 saturated heterocycles. The quantitative estimate of drug-likeness (QED) is 0.778. The van der Waals surface area contributed by atoms with Crippen molar-refractivity contribution in [1.29, 1.82) is 0 Å². The summed E-state index contributed by atoms with van der Waals surface area (Å²) in [7, 11) is 0. The molecule has 2 unspecified atom stereocenters. The van der Waals surface area contributed by atoms with E-state index in [4.69, 9.17) is 18.9 Å². The Bertz CT molecular complexity index is 678. The lowest BCUT2D eigenvalue weighted by Gasteiger charge is -2.16. The molecular weight excluding hydrogens is 336 g/mol. The van der Waals surface area contributed by atoms with E-state index in [0.717, 1.165) is 42.4 Å². The van der Waals surface area contributed by atoms with Gasteiger partial charge in [-0.05, 0) is 54.4 Å². The van der Waals surface area contributed by atoms with Crippen molar-refractivity contribution >= 4 is 5.97 Å². The van der Waals surface area contributed by atoms with Crippen LogP contribution in [0, 0.1) is 23.7 Å². The van der Waals surface area contributed by atoms with Gasteiger partial charge in [-0.1, -0.05) is 6.92 Å². The van der Waals surface area contributed by atoms with Gasteiger partial charge in [-0.3, -0.25) is 0 Å². The first-order valence-electron chi connectivity index (χ1n) is 9.48. The molecule has 1 aromatic rings. The second kappa shape index (κ2) is 6.22. The zero-order valence-corrected chi connectivity index (χ0v) is 14.7. The number of hydrogen-bond donors (Lipinski definition) is 1. The Labute approximate surface area is 152 Å². The molecule has 0 bridgehead atoms. The predicted molar refractivity (Wildman–Crippen MR) is 90.9 cm³/mol. The molecule has 1 aromatic carbocycles. The van der Waals surface area contributed by atoms with Crippen molar-refractivity contribution in [3.05, 3.63) is 29.8 Å². The van der Waals surface area contributed by atoms with E-state index in [1.54, 1.807) is 24.3 Å². The minimum atomic E-state index is -0.648. The third-order valence-electron chi connectivity index (χ3n) is 6.42. The molecule has 26 heavy (non-hydrogen) atoms. The first kappa shape index (κ1) is 16.5. The highest BCUT2D eigenvalue weighted by molar-refractivity contribution is 5.89. The van der Waals surface area contributed by atoms with Crippen molar-refractivity contribution in [2.75, 3.05) is 19.8 Å². The van der Waals surface area contributed by atoms with Gasteiger partial charge in [-0.15, -0.1) is 0 Å². The summed E-state index contributed by atoms with van der Waals surface area (Å²) in [5, 5.41) is 9.73. The Morgan fingerprint density at radius 2 is 1.88 bits per heavy atom. The zero-order chi connectivity index (χ0) is 17.8. The molecule has 2 heterocycles. The normalized spacial score (nSPS) is 42.1. The predicted octanol–water partition coefficient (Wildman–Crippen LogP) is 1.65. The topological polar surface area (TPSA) is 74.2 Å². The first-order chi connectivity index (χ1) is 12.6. The highest BCUT2D eigenvalue weighted by Crippen LogP contribution is 2.73. The van der Waals surface area contributed by atoms with E-state index in [2.05, 4.69) is 6.92 Å². The van der Waals surface area contributed by atoms with Gasteiger partial charge in [0.2, 0.25) is 0 Å². The summed E-state index contributed by atoms with van der Waals surface area (Å²) in [5.74, 6) is 4.13. The van der Waals surface area contributed by atoms with Crippen LogP contribution in [0.1, 0.15) is 23.7 Å². The SMILES string of the molecule is CC1C2C(CCOc3ccc(C(=O)O[C@@H]4CO[C@H]5[C@@H]4OC[C@@H]5O)cc3)C12. The minimum Gasteiger partial charge on any atom is -0.494 e. The monoisotopic (exact) mass is 360 g/mol. The molecular formula is C20H24O6. The first-order valence-corrected chi connectivity index (χ1v) is 9.48. The van der Waals surface area contributed by atoms with Crippen LogP contribution in [-0.4, -0.2) is 55.3 Å². The Kier molecular flexibility index (Phi) is 3.95. The summed E-state index contributed by atoms with van der Waals surface area (Å²) in [5.41, 5.74) is 0.469. The molecule has 0 amide bonds. The Hall–Kier alpha value is -1.63. The molecule has 4 fully saturated rings. The van der Waals surface area contributed by atoms with Gasteiger partial charge in [0, 0.05) is 0 Å². The molecule has 6 atom stereocenters. The van der Waals surface area contributed by atoms with E-state index in [-0.39, 0.29) is 19.3 Å². The molecule has 6 nitrogen and oxygen atoms in total. The van der Waals surface area contributed by atoms with E-state index >= 15 is 0 Å². The van der Waals surface area contributed by atoms with Crippen LogP contribution in [0.5, 0.6) is 5.75 Å². The highest BCUT2D eigenvalue weighted by Gasteiger charge is 2.69. The van der Waals surface area contributed by atoms with E-state index in [0.29, 0.717) is 5.56 Å². The third-order valence-corrected chi connectivity index (χ3v) is 6.42. The third kappa shape index (κ3) is 2.80. The summed E-state index contributed by atoms with van der Waals surface area (Å²) in [6.07, 6.45) is -0.783. The largest absolute Gasteiger partial charge is 0.494 e. The summed E-state index contributed by atoms with van der Waals surface area (Å²) in [6.45, 7) is 3.53. The number of fused-ring (bicyclic) bond motifs is 2. The van der Waals surface area contributed by atoms with Crippen molar-refractivity contribution in [2.24, 2.45) is 23.7 Å². The molecule has 2 saturated carbocycles. The van der Waals surface area contributed by atoms with Crippen molar-refractivity contribution in [2.45, 2.75) is 37.8 Å². The van der Waals surface area contributed by atoms with Crippen molar-refractivity contribution < 1.29 is 28.8 Å². The van der Waals surface area contributed by atoms with Crippen LogP contribution in [0.25, 0.3) is 0 Å². The maximum atomic E-state index is 12.3. The highest BCUT2D eigenvalue weighted by atomic mass is 16.6. The second-order valence-electron chi connectivity index (χ2n) is 7.95. The Balaban J connectivity index is 1.10. The zero-order valence-electron chi connectivity index (χ0n) is 14.7. The van der Waals surface area contributed by atoms with Crippen LogP contribution in [0.15, 0.2) is 24.3 Å². The molecule has 140 valence electrons. The van der Waals surface area contributed by atoms with Gasteiger partial charge in [-0.25, -0.2) is 4.79 Å². The molecule has 0 spiro atoms. The van der Waals surface area contributed by atoms with E-state index in [1.807, 2.05) is 0 Å². The maximum Gasteiger partial charge on any atom is 0.338 e. The summed E-state index contributed by atoms with van der Waals surface area (Å²) in [4.78, 5) is 12.3. The molecule has 4 aliphatic rings. The number of ether oxygens (including phenoxy) is 4. The van der Waals surface area contributed by atoms with Gasteiger partial charge in [0.05, 0.1) is 25.4 Å². The number of aliphatic hydroxyl groups excluding tert-OH is 1. The van der Waals surface area contributed by atoms with E-state index in [9.17, 15) is 9.90 Å². The summed E-state index contributed by atoms with van der Waals surface area (Å²) in [6, 6.07) is 7.03. The average Bonchev–Trinajstić information content (AvgIpc) is 3.43. The van der Waals surface area contributed by atoms with Crippen LogP contribution in [0.2, 0.25) is 0 Å². The van der Waals surface area contributed by atoms with Gasteiger partial charge in [0.1, 0.15) is 24.1 Å². The Morgan fingerprint density at radius 1 is 1.15 bits per heavy atom. The van der Waals surface area contributed by atoms with Gasteiger partial charge >= 0.3 is 5.97 Å². The van der Waals surface area contributed by atoms with Crippen molar-refractivity contribution in [3.8, 4) is 5.75 Å². The standard InChI is InChI=1S/C20H24O6/c1-10-16-13(17(10)16)6-7-23-12-4-2-11(3-5-12)20(22)26-15-9-25-18-14(21)8-24-19(15)18/h2-5,10,13-19,21H,6-9H2,1H3/t10?,13?,14-,15+,16?,17?,18+,19+/m0/s1. The van der Waals surface area contributed by atoms with Crippen LogP contribution in [0.4, 0.5) is 0 Å². The molecule has 2 aliphatic heterocycles. The second-order valence-corrected chi connectivity index (χ2v) is 7.95. The summed E-state index contributed by atoms with van der Waals surface area (Å²) < 4.78 is 22.2. The van der Waals surface area contributed by atoms with Crippen LogP contribution >= 0.6 is 0 Å². The number of rotatable bonds is 6. The fraction of sp³-hybridized carbons (Fsp3) is 0.650. The lowest BCUT2D eigenvalue weighted by atomic mass is 10.0. The lowest BCUT2D eigenvalue weighted by molar-refractivity contribution is -0.0209. The lowest BCUT2D eigenvalue weighted by Crippen LogP contribution is -2.34. The fourth-order valence-electron chi connectivity index (χ4n) is 4.72. The number of hydrogen-bond acceptors (Lipinski definition) is 6. The van der Waals surface area contributed by atoms with E-state index in [1.165, 1.54) is 0 Å². The van der Waals surface area contributed by atoms with Gasteiger partial charge in [0.25, 0.3) is 0 Å². The molecule has 2 aliphatic carbocycles. The van der Waals surface area contributed by atoms with E-state index < -0.39 is 24.3 Å².